The zero-order chi connectivity index (χ0) is 14.3. The minimum absolute atomic E-state index is 0.0538. The third kappa shape index (κ3) is 2.26. The van der Waals surface area contributed by atoms with Crippen molar-refractivity contribution in [1.82, 2.24) is 8.61 Å². The Balaban J connectivity index is 1.84. The Bertz CT molecular complexity index is 602. The average molecular weight is 295 g/mol. The molecule has 0 aliphatic carbocycles. The first kappa shape index (κ1) is 14.0. The molecular weight excluding hydrogens is 274 g/mol. The summed E-state index contributed by atoms with van der Waals surface area (Å²) in [5.41, 5.74) is 8.31. The Hall–Kier alpha value is -0.950. The molecule has 1 aromatic carbocycles. The lowest BCUT2D eigenvalue weighted by atomic mass is 10.0. The second-order valence-electron chi connectivity index (χ2n) is 5.66. The van der Waals surface area contributed by atoms with Crippen LogP contribution in [0.15, 0.2) is 24.3 Å². The van der Waals surface area contributed by atoms with Gasteiger partial charge in [-0.15, -0.1) is 0 Å². The summed E-state index contributed by atoms with van der Waals surface area (Å²) < 4.78 is 28.6. The third-order valence-electron chi connectivity index (χ3n) is 4.47. The molecule has 2 unspecified atom stereocenters. The summed E-state index contributed by atoms with van der Waals surface area (Å²) in [7, 11) is -3.40. The number of nitrogens with zero attached hydrogens (tertiary/aromatic N) is 2. The lowest BCUT2D eigenvalue weighted by Gasteiger charge is -2.33. The normalized spacial score (nSPS) is 28.5. The van der Waals surface area contributed by atoms with Gasteiger partial charge >= 0.3 is 0 Å². The van der Waals surface area contributed by atoms with Crippen LogP contribution in [0.1, 0.15) is 24.5 Å². The molecule has 0 amide bonds. The highest BCUT2D eigenvalue weighted by molar-refractivity contribution is 7.86. The van der Waals surface area contributed by atoms with E-state index in [1.54, 1.807) is 8.61 Å². The second-order valence-corrected chi connectivity index (χ2v) is 7.54. The quantitative estimate of drug-likeness (QED) is 0.874. The second kappa shape index (κ2) is 5.11. The van der Waals surface area contributed by atoms with Crippen molar-refractivity contribution in [2.75, 3.05) is 13.1 Å². The topological polar surface area (TPSA) is 66.6 Å². The van der Waals surface area contributed by atoms with E-state index in [0.717, 1.165) is 18.4 Å². The summed E-state index contributed by atoms with van der Waals surface area (Å²) >= 11 is 0. The van der Waals surface area contributed by atoms with Crippen molar-refractivity contribution < 1.29 is 8.42 Å². The van der Waals surface area contributed by atoms with Crippen LogP contribution in [0, 0.1) is 0 Å². The predicted octanol–water partition coefficient (Wildman–Crippen LogP) is 0.711. The van der Waals surface area contributed by atoms with E-state index < -0.39 is 10.2 Å². The molecule has 20 heavy (non-hydrogen) atoms. The monoisotopic (exact) mass is 295 g/mol. The van der Waals surface area contributed by atoms with Crippen LogP contribution in [0.4, 0.5) is 0 Å². The maximum absolute atomic E-state index is 12.7. The number of benzene rings is 1. The first-order valence-electron chi connectivity index (χ1n) is 7.09. The van der Waals surface area contributed by atoms with Gasteiger partial charge in [0.25, 0.3) is 10.2 Å². The van der Waals surface area contributed by atoms with Crippen LogP contribution in [0.25, 0.3) is 0 Å². The SMILES string of the molecule is CC1C(N)CCN1S(=O)(=O)N1CCc2ccccc2C1. The molecule has 0 saturated carbocycles. The Morgan fingerprint density at radius 3 is 2.55 bits per heavy atom. The van der Waals surface area contributed by atoms with E-state index in [2.05, 4.69) is 6.07 Å². The van der Waals surface area contributed by atoms with Crippen molar-refractivity contribution in [3.63, 3.8) is 0 Å². The van der Waals surface area contributed by atoms with Gasteiger partial charge in [0.1, 0.15) is 0 Å². The minimum Gasteiger partial charge on any atom is -0.326 e. The highest BCUT2D eigenvalue weighted by Gasteiger charge is 2.40. The Morgan fingerprint density at radius 1 is 1.20 bits per heavy atom. The van der Waals surface area contributed by atoms with Crippen LogP contribution < -0.4 is 5.73 Å². The summed E-state index contributed by atoms with van der Waals surface area (Å²) in [6.45, 7) is 3.45. The van der Waals surface area contributed by atoms with Crippen LogP contribution in [-0.2, 0) is 23.2 Å². The van der Waals surface area contributed by atoms with Gasteiger partial charge in [-0.25, -0.2) is 0 Å². The Labute approximate surface area is 120 Å². The van der Waals surface area contributed by atoms with Crippen molar-refractivity contribution in [1.29, 1.82) is 0 Å². The van der Waals surface area contributed by atoms with Gasteiger partial charge in [-0.1, -0.05) is 24.3 Å². The molecule has 1 fully saturated rings. The smallest absolute Gasteiger partial charge is 0.282 e. The van der Waals surface area contributed by atoms with Gasteiger partial charge in [-0.2, -0.15) is 17.0 Å². The van der Waals surface area contributed by atoms with E-state index in [9.17, 15) is 8.42 Å². The summed E-state index contributed by atoms with van der Waals surface area (Å²) in [4.78, 5) is 0. The van der Waals surface area contributed by atoms with E-state index >= 15 is 0 Å². The van der Waals surface area contributed by atoms with Crippen LogP contribution in [0.2, 0.25) is 0 Å². The molecule has 2 aliphatic heterocycles. The van der Waals surface area contributed by atoms with Gasteiger partial charge in [0, 0.05) is 31.7 Å². The van der Waals surface area contributed by atoms with Gasteiger partial charge < -0.3 is 5.73 Å². The van der Waals surface area contributed by atoms with Crippen molar-refractivity contribution in [2.24, 2.45) is 5.73 Å². The largest absolute Gasteiger partial charge is 0.326 e. The molecule has 0 bridgehead atoms. The zero-order valence-corrected chi connectivity index (χ0v) is 12.5. The van der Waals surface area contributed by atoms with Gasteiger partial charge in [-0.05, 0) is 30.9 Å². The standard InChI is InChI=1S/C14H21N3O2S/c1-11-14(15)7-9-17(11)20(18,19)16-8-6-12-4-2-3-5-13(12)10-16/h2-5,11,14H,6-10,15H2,1H3. The summed E-state index contributed by atoms with van der Waals surface area (Å²) in [6.07, 6.45) is 1.52. The molecule has 1 aromatic rings. The van der Waals surface area contributed by atoms with Gasteiger partial charge in [0.15, 0.2) is 0 Å². The van der Waals surface area contributed by atoms with Crippen LogP contribution >= 0.6 is 0 Å². The van der Waals surface area contributed by atoms with Crippen LogP contribution in [-0.4, -0.2) is 42.2 Å². The first-order valence-corrected chi connectivity index (χ1v) is 8.49. The van der Waals surface area contributed by atoms with E-state index in [0.29, 0.717) is 19.6 Å². The van der Waals surface area contributed by atoms with Crippen LogP contribution in [0.5, 0.6) is 0 Å². The molecule has 0 spiro atoms. The van der Waals surface area contributed by atoms with Crippen LogP contribution in [0.3, 0.4) is 0 Å². The lowest BCUT2D eigenvalue weighted by molar-refractivity contribution is 0.316. The van der Waals surface area contributed by atoms with Gasteiger partial charge in [0.05, 0.1) is 0 Å². The molecule has 1 saturated heterocycles. The van der Waals surface area contributed by atoms with E-state index in [1.807, 2.05) is 25.1 Å². The fraction of sp³-hybridized carbons (Fsp3) is 0.571. The molecule has 2 atom stereocenters. The fourth-order valence-electron chi connectivity index (χ4n) is 3.08. The van der Waals surface area contributed by atoms with E-state index in [4.69, 9.17) is 5.73 Å². The molecule has 2 heterocycles. The molecule has 3 rings (SSSR count). The highest BCUT2D eigenvalue weighted by atomic mass is 32.2. The van der Waals surface area contributed by atoms with E-state index in [-0.39, 0.29) is 12.1 Å². The third-order valence-corrected chi connectivity index (χ3v) is 6.55. The molecule has 110 valence electrons. The van der Waals surface area contributed by atoms with Crippen molar-refractivity contribution in [2.45, 2.75) is 38.4 Å². The maximum atomic E-state index is 12.7. The van der Waals surface area contributed by atoms with Crippen molar-refractivity contribution >= 4 is 10.2 Å². The Morgan fingerprint density at radius 2 is 1.90 bits per heavy atom. The zero-order valence-electron chi connectivity index (χ0n) is 11.7. The number of fused-ring (bicyclic) bond motifs is 1. The number of nitrogens with two attached hydrogens (primary N) is 1. The summed E-state index contributed by atoms with van der Waals surface area (Å²) in [6, 6.07) is 7.89. The highest BCUT2D eigenvalue weighted by Crippen LogP contribution is 2.27. The molecular formula is C14H21N3O2S. The molecule has 0 aromatic heterocycles. The summed E-state index contributed by atoms with van der Waals surface area (Å²) in [5, 5.41) is 0. The Kier molecular flexibility index (Phi) is 3.58. The van der Waals surface area contributed by atoms with Crippen molar-refractivity contribution in [3.8, 4) is 0 Å². The number of hydrogen-bond acceptors (Lipinski definition) is 3. The van der Waals surface area contributed by atoms with E-state index in [1.165, 1.54) is 5.56 Å². The minimum atomic E-state index is -3.40. The molecule has 2 aliphatic rings. The van der Waals surface area contributed by atoms with Gasteiger partial charge in [-0.3, -0.25) is 0 Å². The molecule has 0 radical (unpaired) electrons. The lowest BCUT2D eigenvalue weighted by Crippen LogP contribution is -2.49. The molecule has 2 N–H and O–H groups in total. The summed E-state index contributed by atoms with van der Waals surface area (Å²) in [5.74, 6) is 0. The number of rotatable bonds is 2. The van der Waals surface area contributed by atoms with Crippen molar-refractivity contribution in [3.05, 3.63) is 35.4 Å². The van der Waals surface area contributed by atoms with Gasteiger partial charge in [0.2, 0.25) is 0 Å². The molecule has 6 heteroatoms. The average Bonchev–Trinajstić information content (AvgIpc) is 2.79. The fourth-order valence-corrected chi connectivity index (χ4v) is 4.91. The molecule has 5 nitrogen and oxygen atoms in total. The maximum Gasteiger partial charge on any atom is 0.282 e. The number of hydrogen-bond donors (Lipinski definition) is 1. The first-order chi connectivity index (χ1) is 9.50. The predicted molar refractivity (Wildman–Crippen MR) is 78.2 cm³/mol.